The smallest absolute Gasteiger partial charge is 0.304 e. The summed E-state index contributed by atoms with van der Waals surface area (Å²) < 4.78 is 1.51. The van der Waals surface area contributed by atoms with Gasteiger partial charge in [0.25, 0.3) is 0 Å². The summed E-state index contributed by atoms with van der Waals surface area (Å²) in [6.07, 6.45) is 3.92. The molecule has 1 heterocycles. The normalized spacial score (nSPS) is 12.3. The van der Waals surface area contributed by atoms with Crippen LogP contribution in [0.4, 0.5) is 0 Å². The minimum Gasteiger partial charge on any atom is -0.481 e. The maximum absolute atomic E-state index is 12.6. The Kier molecular flexibility index (Phi) is 5.15. The van der Waals surface area contributed by atoms with E-state index in [1.165, 1.54) is 4.57 Å². The van der Waals surface area contributed by atoms with Crippen LogP contribution < -0.4 is 0 Å². The molecule has 0 saturated carbocycles. The molecule has 0 bridgehead atoms. The Morgan fingerprint density at radius 1 is 1.09 bits per heavy atom. The van der Waals surface area contributed by atoms with Gasteiger partial charge < -0.3 is 5.11 Å². The predicted octanol–water partition coefficient (Wildman–Crippen LogP) is 3.93. The van der Waals surface area contributed by atoms with E-state index in [1.807, 2.05) is 50.2 Å². The van der Waals surface area contributed by atoms with Crippen LogP contribution in [0.5, 0.6) is 0 Å². The molecule has 0 amide bonds. The molecular formula is C18H21NO3. The van der Waals surface area contributed by atoms with Crippen LogP contribution in [0.1, 0.15) is 31.5 Å². The molecule has 116 valence electrons. The highest BCUT2D eigenvalue weighted by Crippen LogP contribution is 2.22. The van der Waals surface area contributed by atoms with Crippen LogP contribution in [0, 0.1) is 11.8 Å². The molecule has 22 heavy (non-hydrogen) atoms. The highest BCUT2D eigenvalue weighted by Gasteiger charge is 2.24. The first kappa shape index (κ1) is 16.0. The molecule has 4 nitrogen and oxygen atoms in total. The van der Waals surface area contributed by atoms with E-state index in [1.54, 1.807) is 12.4 Å². The molecule has 1 N–H and O–H groups in total. The van der Waals surface area contributed by atoms with Gasteiger partial charge in [0.15, 0.2) is 0 Å². The van der Waals surface area contributed by atoms with Crippen LogP contribution in [-0.2, 0) is 4.79 Å². The fraction of sp³-hybridized carbons (Fsp3) is 0.333. The van der Waals surface area contributed by atoms with Crippen LogP contribution in [0.15, 0.2) is 48.8 Å². The summed E-state index contributed by atoms with van der Waals surface area (Å²) in [7, 11) is 0. The van der Waals surface area contributed by atoms with Gasteiger partial charge in [-0.1, -0.05) is 44.2 Å². The third-order valence-corrected chi connectivity index (χ3v) is 3.58. The average molecular weight is 299 g/mol. The fourth-order valence-electron chi connectivity index (χ4n) is 2.60. The van der Waals surface area contributed by atoms with Crippen molar-refractivity contribution in [2.24, 2.45) is 11.8 Å². The lowest BCUT2D eigenvalue weighted by atomic mass is 9.93. The van der Waals surface area contributed by atoms with Crippen molar-refractivity contribution in [3.63, 3.8) is 0 Å². The van der Waals surface area contributed by atoms with E-state index in [0.29, 0.717) is 6.42 Å². The predicted molar refractivity (Wildman–Crippen MR) is 85.7 cm³/mol. The van der Waals surface area contributed by atoms with Gasteiger partial charge in [-0.2, -0.15) is 0 Å². The molecule has 2 aromatic rings. The van der Waals surface area contributed by atoms with E-state index < -0.39 is 11.9 Å². The zero-order chi connectivity index (χ0) is 16.1. The maximum atomic E-state index is 12.6. The van der Waals surface area contributed by atoms with E-state index in [4.69, 9.17) is 5.11 Å². The standard InChI is InChI=1S/C18H21NO3/c1-13(2)10-16(11-17(20)21)18(22)19-9-8-15(12-19)14-6-4-3-5-7-14/h3-9,12-13,16H,10-11H2,1-2H3,(H,20,21)/t16-/m0/s1. The topological polar surface area (TPSA) is 59.3 Å². The quantitative estimate of drug-likeness (QED) is 0.879. The summed E-state index contributed by atoms with van der Waals surface area (Å²) in [6.45, 7) is 3.99. The summed E-state index contributed by atoms with van der Waals surface area (Å²) in [5, 5.41) is 9.01. The molecule has 0 spiro atoms. The third kappa shape index (κ3) is 4.07. The van der Waals surface area contributed by atoms with Gasteiger partial charge in [0.2, 0.25) is 5.91 Å². The molecule has 0 unspecified atom stereocenters. The van der Waals surface area contributed by atoms with Crippen molar-refractivity contribution in [3.8, 4) is 11.1 Å². The summed E-state index contributed by atoms with van der Waals surface area (Å²) in [4.78, 5) is 23.6. The van der Waals surface area contributed by atoms with Gasteiger partial charge in [-0.15, -0.1) is 0 Å². The molecule has 4 heteroatoms. The number of carboxylic acids is 1. The highest BCUT2D eigenvalue weighted by molar-refractivity contribution is 5.86. The molecule has 0 saturated heterocycles. The summed E-state index contributed by atoms with van der Waals surface area (Å²) in [6, 6.07) is 11.7. The molecule has 0 fully saturated rings. The largest absolute Gasteiger partial charge is 0.481 e. The first-order chi connectivity index (χ1) is 10.5. The zero-order valence-corrected chi connectivity index (χ0v) is 12.9. The molecule has 0 aliphatic heterocycles. The second-order valence-electron chi connectivity index (χ2n) is 5.94. The molecule has 0 aliphatic rings. The summed E-state index contributed by atoms with van der Waals surface area (Å²) in [5.74, 6) is -1.31. The van der Waals surface area contributed by atoms with Crippen LogP contribution in [0.25, 0.3) is 11.1 Å². The Labute approximate surface area is 130 Å². The van der Waals surface area contributed by atoms with Gasteiger partial charge in [-0.3, -0.25) is 14.2 Å². The van der Waals surface area contributed by atoms with Crippen molar-refractivity contribution in [2.75, 3.05) is 0 Å². The van der Waals surface area contributed by atoms with Crippen molar-refractivity contribution >= 4 is 11.9 Å². The summed E-state index contributed by atoms with van der Waals surface area (Å²) >= 11 is 0. The fourth-order valence-corrected chi connectivity index (χ4v) is 2.60. The lowest BCUT2D eigenvalue weighted by molar-refractivity contribution is -0.137. The van der Waals surface area contributed by atoms with Crippen molar-refractivity contribution in [2.45, 2.75) is 26.7 Å². The Morgan fingerprint density at radius 2 is 1.77 bits per heavy atom. The number of carboxylic acid groups (broad SMARTS) is 1. The van der Waals surface area contributed by atoms with E-state index in [9.17, 15) is 9.59 Å². The van der Waals surface area contributed by atoms with Gasteiger partial charge in [-0.25, -0.2) is 0 Å². The first-order valence-corrected chi connectivity index (χ1v) is 7.46. The second kappa shape index (κ2) is 7.07. The SMILES string of the molecule is CC(C)C[C@@H](CC(=O)O)C(=O)n1ccc(-c2ccccc2)c1. The van der Waals surface area contributed by atoms with E-state index in [2.05, 4.69) is 0 Å². The Morgan fingerprint density at radius 3 is 2.36 bits per heavy atom. The Bertz CT molecular complexity index is 643. The van der Waals surface area contributed by atoms with Gasteiger partial charge >= 0.3 is 5.97 Å². The first-order valence-electron chi connectivity index (χ1n) is 7.46. The molecule has 1 aromatic heterocycles. The molecule has 1 aromatic carbocycles. The number of benzene rings is 1. The van der Waals surface area contributed by atoms with Crippen LogP contribution >= 0.6 is 0 Å². The van der Waals surface area contributed by atoms with Crippen molar-refractivity contribution in [3.05, 3.63) is 48.8 Å². The molecule has 2 rings (SSSR count). The van der Waals surface area contributed by atoms with Crippen LogP contribution in [0.2, 0.25) is 0 Å². The van der Waals surface area contributed by atoms with Crippen molar-refractivity contribution in [1.29, 1.82) is 0 Å². The monoisotopic (exact) mass is 299 g/mol. The van der Waals surface area contributed by atoms with Crippen LogP contribution in [-0.4, -0.2) is 21.6 Å². The minimum atomic E-state index is -0.936. The summed E-state index contributed by atoms with van der Waals surface area (Å²) in [5.41, 5.74) is 1.99. The van der Waals surface area contributed by atoms with Gasteiger partial charge in [0.05, 0.1) is 6.42 Å². The molecule has 1 atom stereocenters. The number of carbonyl (C=O) groups is 2. The van der Waals surface area contributed by atoms with Gasteiger partial charge in [-0.05, 0) is 29.5 Å². The third-order valence-electron chi connectivity index (χ3n) is 3.58. The number of hydrogen-bond donors (Lipinski definition) is 1. The van der Waals surface area contributed by atoms with Crippen molar-refractivity contribution in [1.82, 2.24) is 4.57 Å². The second-order valence-corrected chi connectivity index (χ2v) is 5.94. The molecule has 0 aliphatic carbocycles. The number of rotatable bonds is 6. The van der Waals surface area contributed by atoms with Crippen LogP contribution in [0.3, 0.4) is 0 Å². The van der Waals surface area contributed by atoms with Gasteiger partial charge in [0, 0.05) is 18.3 Å². The van der Waals surface area contributed by atoms with Gasteiger partial charge in [0.1, 0.15) is 0 Å². The Hall–Kier alpha value is -2.36. The zero-order valence-electron chi connectivity index (χ0n) is 12.9. The van der Waals surface area contributed by atoms with E-state index in [-0.39, 0.29) is 18.2 Å². The number of aromatic nitrogens is 1. The van der Waals surface area contributed by atoms with Crippen molar-refractivity contribution < 1.29 is 14.7 Å². The molecular weight excluding hydrogens is 278 g/mol. The average Bonchev–Trinajstić information content (AvgIpc) is 2.95. The molecule has 0 radical (unpaired) electrons. The van der Waals surface area contributed by atoms with E-state index >= 15 is 0 Å². The Balaban J connectivity index is 2.20. The number of hydrogen-bond acceptors (Lipinski definition) is 2. The minimum absolute atomic E-state index is 0.129. The lowest BCUT2D eigenvalue weighted by Gasteiger charge is -2.16. The van der Waals surface area contributed by atoms with E-state index in [0.717, 1.165) is 11.1 Å². The number of carbonyl (C=O) groups excluding carboxylic acids is 1. The lowest BCUT2D eigenvalue weighted by Crippen LogP contribution is -2.24. The highest BCUT2D eigenvalue weighted by atomic mass is 16.4. The number of nitrogens with zero attached hydrogens (tertiary/aromatic N) is 1. The maximum Gasteiger partial charge on any atom is 0.304 e. The number of aliphatic carboxylic acids is 1.